The molecule has 0 fully saturated rings. The molecule has 0 aliphatic heterocycles. The highest BCUT2D eigenvalue weighted by molar-refractivity contribution is 5.06. The minimum Gasteiger partial charge on any atom is -0.103 e. The second-order valence-electron chi connectivity index (χ2n) is 4.02. The fourth-order valence-corrected chi connectivity index (χ4v) is 0.733. The van der Waals surface area contributed by atoms with E-state index in [0.717, 1.165) is 12.8 Å². The number of unbranched alkanes of at least 4 members (excludes halogenated alkanes) is 1. The third kappa shape index (κ3) is 9.22. The Labute approximate surface area is 76.7 Å². The molecule has 0 aliphatic carbocycles. The molecule has 0 rings (SSSR count). The normalized spacial score (nSPS) is 12.9. The maximum Gasteiger partial charge on any atom is -0.0200 e. The summed E-state index contributed by atoms with van der Waals surface area (Å²) in [5.41, 5.74) is 0.294. The fourth-order valence-electron chi connectivity index (χ4n) is 0.733. The molecule has 0 unspecified atom stereocenters. The van der Waals surface area contributed by atoms with Crippen molar-refractivity contribution in [1.82, 2.24) is 0 Å². The molecule has 12 heavy (non-hydrogen) atoms. The van der Waals surface area contributed by atoms with Crippen molar-refractivity contribution in [3.05, 3.63) is 37.0 Å². The van der Waals surface area contributed by atoms with Crippen LogP contribution in [0.25, 0.3) is 0 Å². The third-order valence-electron chi connectivity index (χ3n) is 1.38. The van der Waals surface area contributed by atoms with E-state index in [9.17, 15) is 0 Å². The molecular formula is C12H20. The largest absolute Gasteiger partial charge is 0.103 e. The Morgan fingerprint density at radius 1 is 1.08 bits per heavy atom. The molecule has 0 N–H and O–H groups in total. The highest BCUT2D eigenvalue weighted by Gasteiger charge is 2.01. The van der Waals surface area contributed by atoms with Crippen LogP contribution in [0, 0.1) is 5.41 Å². The Kier molecular flexibility index (Phi) is 5.44. The van der Waals surface area contributed by atoms with Gasteiger partial charge >= 0.3 is 0 Å². The summed E-state index contributed by atoms with van der Waals surface area (Å²) < 4.78 is 0. The summed E-state index contributed by atoms with van der Waals surface area (Å²) in [6.45, 7) is 10.3. The standard InChI is InChI=1S/C12H20/c1-5-6-7-8-9-10-11-12(2,3)4/h5,8-11H,1,6-7H2,2-4H3. The van der Waals surface area contributed by atoms with Crippen LogP contribution in [-0.2, 0) is 0 Å². The van der Waals surface area contributed by atoms with Gasteiger partial charge in [-0.25, -0.2) is 0 Å². The van der Waals surface area contributed by atoms with Gasteiger partial charge in [0.1, 0.15) is 0 Å². The van der Waals surface area contributed by atoms with Crippen molar-refractivity contribution in [3.8, 4) is 0 Å². The monoisotopic (exact) mass is 164 g/mol. The van der Waals surface area contributed by atoms with Gasteiger partial charge in [0, 0.05) is 0 Å². The average Bonchev–Trinajstić information content (AvgIpc) is 1.94. The first-order valence-corrected chi connectivity index (χ1v) is 4.51. The zero-order chi connectivity index (χ0) is 9.45. The minimum absolute atomic E-state index is 0.294. The topological polar surface area (TPSA) is 0 Å². The maximum atomic E-state index is 3.67. The molecular weight excluding hydrogens is 144 g/mol. The van der Waals surface area contributed by atoms with E-state index in [1.807, 2.05) is 6.08 Å². The lowest BCUT2D eigenvalue weighted by atomic mass is 9.96. The van der Waals surface area contributed by atoms with Crippen LogP contribution in [0.5, 0.6) is 0 Å². The van der Waals surface area contributed by atoms with Crippen LogP contribution in [0.15, 0.2) is 37.0 Å². The Morgan fingerprint density at radius 3 is 2.25 bits per heavy atom. The first kappa shape index (κ1) is 11.2. The van der Waals surface area contributed by atoms with Gasteiger partial charge in [-0.15, -0.1) is 6.58 Å². The Hall–Kier alpha value is -0.780. The van der Waals surface area contributed by atoms with Gasteiger partial charge in [-0.05, 0) is 18.3 Å². The first-order chi connectivity index (χ1) is 5.56. The van der Waals surface area contributed by atoms with Crippen LogP contribution in [0.2, 0.25) is 0 Å². The Morgan fingerprint density at radius 2 is 1.75 bits per heavy atom. The second kappa shape index (κ2) is 5.82. The number of rotatable bonds is 4. The molecule has 68 valence electrons. The van der Waals surface area contributed by atoms with E-state index in [0.29, 0.717) is 5.41 Å². The molecule has 0 atom stereocenters. The summed E-state index contributed by atoms with van der Waals surface area (Å²) in [7, 11) is 0. The quantitative estimate of drug-likeness (QED) is 0.333. The Balaban J connectivity index is 3.59. The van der Waals surface area contributed by atoms with Gasteiger partial charge in [0.25, 0.3) is 0 Å². The zero-order valence-electron chi connectivity index (χ0n) is 8.51. The van der Waals surface area contributed by atoms with E-state index in [1.165, 1.54) is 0 Å². The van der Waals surface area contributed by atoms with Crippen LogP contribution < -0.4 is 0 Å². The van der Waals surface area contributed by atoms with E-state index in [1.54, 1.807) is 0 Å². The minimum atomic E-state index is 0.294. The van der Waals surface area contributed by atoms with Gasteiger partial charge in [-0.3, -0.25) is 0 Å². The molecule has 0 aromatic carbocycles. The zero-order valence-corrected chi connectivity index (χ0v) is 8.51. The summed E-state index contributed by atoms with van der Waals surface area (Å²) >= 11 is 0. The highest BCUT2D eigenvalue weighted by atomic mass is 14.1. The summed E-state index contributed by atoms with van der Waals surface area (Å²) in [5, 5.41) is 0. The van der Waals surface area contributed by atoms with E-state index in [-0.39, 0.29) is 0 Å². The van der Waals surface area contributed by atoms with Gasteiger partial charge < -0.3 is 0 Å². The molecule has 0 saturated carbocycles. The summed E-state index contributed by atoms with van der Waals surface area (Å²) in [5.74, 6) is 0. The molecule has 0 radical (unpaired) electrons. The predicted octanol–water partition coefficient (Wildman–Crippen LogP) is 4.11. The lowest BCUT2D eigenvalue weighted by Gasteiger charge is -2.09. The third-order valence-corrected chi connectivity index (χ3v) is 1.38. The second-order valence-corrected chi connectivity index (χ2v) is 4.02. The Bertz CT molecular complexity index is 165. The van der Waals surface area contributed by atoms with Crippen molar-refractivity contribution in [1.29, 1.82) is 0 Å². The van der Waals surface area contributed by atoms with E-state index >= 15 is 0 Å². The molecule has 0 aromatic heterocycles. The van der Waals surface area contributed by atoms with Gasteiger partial charge in [-0.2, -0.15) is 0 Å². The number of hydrogen-bond acceptors (Lipinski definition) is 0. The van der Waals surface area contributed by atoms with E-state index in [4.69, 9.17) is 0 Å². The van der Waals surface area contributed by atoms with Crippen LogP contribution in [0.4, 0.5) is 0 Å². The molecule has 0 saturated heterocycles. The van der Waals surface area contributed by atoms with Crippen molar-refractivity contribution < 1.29 is 0 Å². The lowest BCUT2D eigenvalue weighted by Crippen LogP contribution is -1.97. The van der Waals surface area contributed by atoms with E-state index < -0.39 is 0 Å². The summed E-state index contributed by atoms with van der Waals surface area (Å²) in [4.78, 5) is 0. The first-order valence-electron chi connectivity index (χ1n) is 4.51. The molecule has 0 amide bonds. The van der Waals surface area contributed by atoms with Crippen LogP contribution in [0.3, 0.4) is 0 Å². The van der Waals surface area contributed by atoms with Gasteiger partial charge in [-0.1, -0.05) is 51.2 Å². The molecule has 0 nitrogen and oxygen atoms in total. The van der Waals surface area contributed by atoms with Crippen molar-refractivity contribution in [3.63, 3.8) is 0 Å². The molecule has 0 heterocycles. The van der Waals surface area contributed by atoms with Crippen LogP contribution in [0.1, 0.15) is 33.6 Å². The molecule has 0 aliphatic rings. The number of hydrogen-bond donors (Lipinski definition) is 0. The maximum absolute atomic E-state index is 3.67. The van der Waals surface area contributed by atoms with Crippen molar-refractivity contribution in [2.24, 2.45) is 5.41 Å². The van der Waals surface area contributed by atoms with E-state index in [2.05, 4.69) is 51.7 Å². The predicted molar refractivity (Wildman–Crippen MR) is 57.2 cm³/mol. The van der Waals surface area contributed by atoms with Gasteiger partial charge in [0.15, 0.2) is 0 Å². The van der Waals surface area contributed by atoms with Gasteiger partial charge in [0.2, 0.25) is 0 Å². The van der Waals surface area contributed by atoms with Crippen molar-refractivity contribution >= 4 is 0 Å². The summed E-state index contributed by atoms with van der Waals surface area (Å²) in [6, 6.07) is 0. The van der Waals surface area contributed by atoms with Crippen molar-refractivity contribution in [2.75, 3.05) is 0 Å². The van der Waals surface area contributed by atoms with Crippen LogP contribution in [-0.4, -0.2) is 0 Å². The molecule has 0 aromatic rings. The highest BCUT2D eigenvalue weighted by Crippen LogP contribution is 2.14. The molecule has 0 spiro atoms. The van der Waals surface area contributed by atoms with Crippen molar-refractivity contribution in [2.45, 2.75) is 33.6 Å². The average molecular weight is 164 g/mol. The summed E-state index contributed by atoms with van der Waals surface area (Å²) in [6.07, 6.45) is 12.7. The molecule has 0 bridgehead atoms. The van der Waals surface area contributed by atoms with Gasteiger partial charge in [0.05, 0.1) is 0 Å². The number of allylic oxidation sites excluding steroid dienone is 5. The fraction of sp³-hybridized carbons (Fsp3) is 0.500. The molecule has 0 heteroatoms. The lowest BCUT2D eigenvalue weighted by molar-refractivity contribution is 0.544. The SMILES string of the molecule is C=CCCC=CC=CC(C)(C)C. The van der Waals surface area contributed by atoms with Crippen LogP contribution >= 0.6 is 0 Å². The smallest absolute Gasteiger partial charge is 0.0200 e.